The van der Waals surface area contributed by atoms with Gasteiger partial charge in [0.25, 0.3) is 0 Å². The molecule has 8 nitrogen and oxygen atoms in total. The first kappa shape index (κ1) is 12.3. The lowest BCUT2D eigenvalue weighted by Crippen LogP contribution is -2.55. The fourth-order valence-corrected chi connectivity index (χ4v) is 0.708. The third-order valence-electron chi connectivity index (χ3n) is 1.38. The van der Waals surface area contributed by atoms with Gasteiger partial charge in [-0.3, -0.25) is 19.7 Å². The number of aliphatic carboxylic acids is 3. The zero-order valence-electron chi connectivity index (χ0n) is 7.01. The number of hydrogen-bond acceptors (Lipinski definition) is 5. The second-order valence-electron chi connectivity index (χ2n) is 2.45. The number of hydrogen-bond donors (Lipinski definition) is 5. The predicted molar refractivity (Wildman–Crippen MR) is 42.7 cm³/mol. The zero-order valence-corrected chi connectivity index (χ0v) is 7.01. The van der Waals surface area contributed by atoms with E-state index in [4.69, 9.17) is 21.1 Å². The fourth-order valence-electron chi connectivity index (χ4n) is 0.708. The van der Waals surface area contributed by atoms with Gasteiger partial charge in [-0.15, -0.1) is 0 Å². The van der Waals surface area contributed by atoms with Crippen molar-refractivity contribution in [3.05, 3.63) is 0 Å². The lowest BCUT2D eigenvalue weighted by molar-refractivity contribution is -0.148. The molecule has 14 heavy (non-hydrogen) atoms. The van der Waals surface area contributed by atoms with Crippen LogP contribution in [0.1, 0.15) is 0 Å². The van der Waals surface area contributed by atoms with E-state index in [1.54, 1.807) is 0 Å². The van der Waals surface area contributed by atoms with E-state index in [0.29, 0.717) is 0 Å². The number of carboxylic acid groups (broad SMARTS) is 3. The summed E-state index contributed by atoms with van der Waals surface area (Å²) in [4.78, 5) is 30.8. The van der Waals surface area contributed by atoms with Gasteiger partial charge in [0.15, 0.2) is 0 Å². The molecule has 2 atom stereocenters. The Balaban J connectivity index is 4.37. The quantitative estimate of drug-likeness (QED) is 0.320. The average Bonchev–Trinajstić information content (AvgIpc) is 2.02. The van der Waals surface area contributed by atoms with Crippen LogP contribution in [0.15, 0.2) is 0 Å². The van der Waals surface area contributed by atoms with Crippen molar-refractivity contribution >= 4 is 17.9 Å². The second kappa shape index (κ2) is 5.14. The standard InChI is InChI=1S/C6H10N2O6/c7-3(5(11)12)4(6(13)14)8-1-2(9)10/h3-4,8H,1,7H2,(H,9,10)(H,11,12)(H,13,14)/t3-,4?/m0/s1. The molecule has 0 fully saturated rings. The summed E-state index contributed by atoms with van der Waals surface area (Å²) < 4.78 is 0. The molecule has 0 heterocycles. The molecular weight excluding hydrogens is 196 g/mol. The summed E-state index contributed by atoms with van der Waals surface area (Å²) in [6, 6.07) is -3.31. The maximum absolute atomic E-state index is 10.5. The van der Waals surface area contributed by atoms with Crippen LogP contribution in [0.5, 0.6) is 0 Å². The lowest BCUT2D eigenvalue weighted by Gasteiger charge is -2.16. The van der Waals surface area contributed by atoms with E-state index in [-0.39, 0.29) is 0 Å². The number of nitrogens with two attached hydrogens (primary N) is 1. The van der Waals surface area contributed by atoms with Gasteiger partial charge in [0.05, 0.1) is 6.54 Å². The Hall–Kier alpha value is -1.67. The van der Waals surface area contributed by atoms with Crippen molar-refractivity contribution in [2.75, 3.05) is 6.54 Å². The Bertz CT molecular complexity index is 253. The van der Waals surface area contributed by atoms with Gasteiger partial charge in [-0.1, -0.05) is 0 Å². The summed E-state index contributed by atoms with van der Waals surface area (Å²) in [5.74, 6) is -4.33. The zero-order chi connectivity index (χ0) is 11.3. The first-order valence-corrected chi connectivity index (χ1v) is 3.52. The molecule has 0 radical (unpaired) electrons. The second-order valence-corrected chi connectivity index (χ2v) is 2.45. The fraction of sp³-hybridized carbons (Fsp3) is 0.500. The highest BCUT2D eigenvalue weighted by Gasteiger charge is 2.30. The van der Waals surface area contributed by atoms with Crippen molar-refractivity contribution in [2.24, 2.45) is 5.73 Å². The molecular formula is C6H10N2O6. The summed E-state index contributed by atoms with van der Waals surface area (Å²) in [6.45, 7) is -0.669. The number of nitrogens with one attached hydrogen (secondary N) is 1. The number of rotatable bonds is 6. The SMILES string of the molecule is N[C@H](C(=O)O)C(NCC(=O)O)C(=O)O. The van der Waals surface area contributed by atoms with Crippen LogP contribution in [-0.4, -0.2) is 51.9 Å². The van der Waals surface area contributed by atoms with Crippen molar-refractivity contribution in [1.82, 2.24) is 5.32 Å². The third-order valence-corrected chi connectivity index (χ3v) is 1.38. The Morgan fingerprint density at radius 1 is 1.14 bits per heavy atom. The lowest BCUT2D eigenvalue weighted by atomic mass is 10.1. The Morgan fingerprint density at radius 3 is 1.93 bits per heavy atom. The first-order valence-electron chi connectivity index (χ1n) is 3.52. The Morgan fingerprint density at radius 2 is 1.64 bits per heavy atom. The van der Waals surface area contributed by atoms with Crippen molar-refractivity contribution in [1.29, 1.82) is 0 Å². The molecule has 0 aromatic rings. The molecule has 0 amide bonds. The molecule has 8 heteroatoms. The minimum Gasteiger partial charge on any atom is -0.480 e. The monoisotopic (exact) mass is 206 g/mol. The molecule has 1 unspecified atom stereocenters. The topological polar surface area (TPSA) is 150 Å². The molecule has 0 aliphatic rings. The van der Waals surface area contributed by atoms with Crippen LogP contribution in [0.2, 0.25) is 0 Å². The highest BCUT2D eigenvalue weighted by Crippen LogP contribution is 1.91. The van der Waals surface area contributed by atoms with Gasteiger partial charge in [-0.2, -0.15) is 0 Å². The van der Waals surface area contributed by atoms with E-state index in [1.165, 1.54) is 0 Å². The molecule has 0 aliphatic carbocycles. The van der Waals surface area contributed by atoms with Crippen LogP contribution in [0.4, 0.5) is 0 Å². The number of carbonyl (C=O) groups is 3. The predicted octanol–water partition coefficient (Wildman–Crippen LogP) is -2.47. The van der Waals surface area contributed by atoms with Gasteiger partial charge in [-0.25, -0.2) is 0 Å². The molecule has 0 saturated heterocycles. The van der Waals surface area contributed by atoms with Crippen LogP contribution in [0.3, 0.4) is 0 Å². The van der Waals surface area contributed by atoms with Crippen LogP contribution < -0.4 is 11.1 Å². The highest BCUT2D eigenvalue weighted by atomic mass is 16.4. The normalized spacial score (nSPS) is 14.4. The maximum Gasteiger partial charge on any atom is 0.322 e. The van der Waals surface area contributed by atoms with Gasteiger partial charge in [0, 0.05) is 0 Å². The summed E-state index contributed by atoms with van der Waals surface area (Å²) in [5, 5.41) is 27.1. The number of carboxylic acids is 3. The summed E-state index contributed by atoms with van der Waals surface area (Å²) >= 11 is 0. The molecule has 80 valence electrons. The van der Waals surface area contributed by atoms with Crippen LogP contribution in [0, 0.1) is 0 Å². The van der Waals surface area contributed by atoms with E-state index in [1.807, 2.05) is 5.32 Å². The molecule has 0 aromatic heterocycles. The molecule has 0 aromatic carbocycles. The Kier molecular flexibility index (Phi) is 4.53. The summed E-state index contributed by atoms with van der Waals surface area (Å²) in [6.07, 6.45) is 0. The summed E-state index contributed by atoms with van der Waals surface area (Å²) in [5.41, 5.74) is 5.01. The van der Waals surface area contributed by atoms with Crippen LogP contribution in [0.25, 0.3) is 0 Å². The molecule has 0 rings (SSSR count). The summed E-state index contributed by atoms with van der Waals surface area (Å²) in [7, 11) is 0. The van der Waals surface area contributed by atoms with Crippen LogP contribution in [-0.2, 0) is 14.4 Å². The molecule has 0 aliphatic heterocycles. The Labute approximate surface area is 78.3 Å². The first-order chi connectivity index (χ1) is 6.36. The largest absolute Gasteiger partial charge is 0.480 e. The van der Waals surface area contributed by atoms with Gasteiger partial charge in [-0.05, 0) is 0 Å². The van der Waals surface area contributed by atoms with Crippen LogP contribution >= 0.6 is 0 Å². The van der Waals surface area contributed by atoms with E-state index in [2.05, 4.69) is 0 Å². The van der Waals surface area contributed by atoms with Gasteiger partial charge in [0.1, 0.15) is 12.1 Å². The third kappa shape index (κ3) is 3.83. The molecule has 0 spiro atoms. The van der Waals surface area contributed by atoms with Gasteiger partial charge < -0.3 is 21.1 Å². The average molecular weight is 206 g/mol. The van der Waals surface area contributed by atoms with E-state index >= 15 is 0 Å². The van der Waals surface area contributed by atoms with Crippen molar-refractivity contribution in [2.45, 2.75) is 12.1 Å². The minimum atomic E-state index is -1.69. The van der Waals surface area contributed by atoms with E-state index < -0.39 is 36.5 Å². The van der Waals surface area contributed by atoms with Gasteiger partial charge >= 0.3 is 17.9 Å². The molecule has 6 N–H and O–H groups in total. The van der Waals surface area contributed by atoms with Crippen molar-refractivity contribution in [3.63, 3.8) is 0 Å². The van der Waals surface area contributed by atoms with E-state index in [9.17, 15) is 14.4 Å². The van der Waals surface area contributed by atoms with E-state index in [0.717, 1.165) is 0 Å². The smallest absolute Gasteiger partial charge is 0.322 e. The molecule has 0 bridgehead atoms. The van der Waals surface area contributed by atoms with Crippen molar-refractivity contribution in [3.8, 4) is 0 Å². The molecule has 0 saturated carbocycles. The van der Waals surface area contributed by atoms with Gasteiger partial charge in [0.2, 0.25) is 0 Å². The van der Waals surface area contributed by atoms with Crippen molar-refractivity contribution < 1.29 is 29.7 Å². The maximum atomic E-state index is 10.5. The minimum absolute atomic E-state index is 0.669. The highest BCUT2D eigenvalue weighted by molar-refractivity contribution is 5.85.